The number of fused-ring (bicyclic) bond motifs is 1. The van der Waals surface area contributed by atoms with Crippen LogP contribution in [0.2, 0.25) is 5.02 Å². The van der Waals surface area contributed by atoms with Crippen molar-refractivity contribution in [1.82, 2.24) is 4.90 Å². The predicted octanol–water partition coefficient (Wildman–Crippen LogP) is 3.77. The van der Waals surface area contributed by atoms with Gasteiger partial charge in [0.15, 0.2) is 0 Å². The zero-order chi connectivity index (χ0) is 19.5. The third-order valence-electron chi connectivity index (χ3n) is 5.50. The van der Waals surface area contributed by atoms with E-state index in [1.165, 1.54) is 0 Å². The zero-order valence-electron chi connectivity index (χ0n) is 15.6. The zero-order valence-corrected chi connectivity index (χ0v) is 16.3. The van der Waals surface area contributed by atoms with Crippen LogP contribution in [0, 0.1) is 11.8 Å². The number of halogens is 1. The summed E-state index contributed by atoms with van der Waals surface area (Å²) >= 11 is 6.07. The lowest BCUT2D eigenvalue weighted by molar-refractivity contribution is -0.139. The Hall–Kier alpha value is -2.53. The molecule has 2 aromatic carbocycles. The number of anilines is 1. The van der Waals surface area contributed by atoms with E-state index in [0.717, 1.165) is 17.0 Å². The molecule has 1 saturated heterocycles. The molecule has 0 aliphatic carbocycles. The fourth-order valence-corrected chi connectivity index (χ4v) is 4.10. The standard InChI is InChI=1S/C22H23ClN2O3/c23-18-6-7-20-16(13-18)12-17(14-28-20)22(27)25-10-8-15(9-11-25)21(26)24-19-4-2-1-3-5-19/h1-7,13,15,17H,8-12,14H2,(H,24,26)/t17-/m0/s1. The molecule has 2 aromatic rings. The molecule has 0 saturated carbocycles. The number of carbonyl (C=O) groups is 2. The van der Waals surface area contributed by atoms with E-state index in [1.807, 2.05) is 47.4 Å². The van der Waals surface area contributed by atoms with E-state index in [4.69, 9.17) is 16.3 Å². The average molecular weight is 399 g/mol. The van der Waals surface area contributed by atoms with Crippen molar-refractivity contribution < 1.29 is 14.3 Å². The van der Waals surface area contributed by atoms with Crippen molar-refractivity contribution in [2.24, 2.45) is 11.8 Å². The van der Waals surface area contributed by atoms with Crippen LogP contribution in [0.15, 0.2) is 48.5 Å². The minimum atomic E-state index is -0.194. The van der Waals surface area contributed by atoms with E-state index in [-0.39, 0.29) is 23.7 Å². The largest absolute Gasteiger partial charge is 0.492 e. The molecule has 28 heavy (non-hydrogen) atoms. The van der Waals surface area contributed by atoms with Gasteiger partial charge in [-0.1, -0.05) is 29.8 Å². The average Bonchev–Trinajstić information content (AvgIpc) is 2.73. The summed E-state index contributed by atoms with van der Waals surface area (Å²) in [5.74, 6) is 0.687. The third kappa shape index (κ3) is 4.14. The third-order valence-corrected chi connectivity index (χ3v) is 5.73. The minimum Gasteiger partial charge on any atom is -0.492 e. The van der Waals surface area contributed by atoms with Gasteiger partial charge in [-0.25, -0.2) is 0 Å². The first-order valence-electron chi connectivity index (χ1n) is 9.66. The Kier molecular flexibility index (Phi) is 5.53. The summed E-state index contributed by atoms with van der Waals surface area (Å²) in [6, 6.07) is 15.0. The molecule has 2 heterocycles. The van der Waals surface area contributed by atoms with Crippen LogP contribution in [-0.2, 0) is 16.0 Å². The topological polar surface area (TPSA) is 58.6 Å². The summed E-state index contributed by atoms with van der Waals surface area (Å²) in [5, 5.41) is 3.61. The number of rotatable bonds is 3. The number of piperidine rings is 1. The van der Waals surface area contributed by atoms with Gasteiger partial charge in [0.25, 0.3) is 0 Å². The van der Waals surface area contributed by atoms with E-state index >= 15 is 0 Å². The second kappa shape index (κ2) is 8.23. The molecular formula is C22H23ClN2O3. The van der Waals surface area contributed by atoms with Crippen LogP contribution in [0.5, 0.6) is 5.75 Å². The van der Waals surface area contributed by atoms with Gasteiger partial charge in [0, 0.05) is 29.7 Å². The quantitative estimate of drug-likeness (QED) is 0.856. The first-order valence-corrected chi connectivity index (χ1v) is 10.0. The van der Waals surface area contributed by atoms with Crippen molar-refractivity contribution in [2.45, 2.75) is 19.3 Å². The monoisotopic (exact) mass is 398 g/mol. The smallest absolute Gasteiger partial charge is 0.229 e. The van der Waals surface area contributed by atoms with Gasteiger partial charge in [-0.05, 0) is 55.2 Å². The molecule has 0 unspecified atom stereocenters. The normalized spacial score (nSPS) is 19.5. The summed E-state index contributed by atoms with van der Waals surface area (Å²) in [5.41, 5.74) is 1.79. The van der Waals surface area contributed by atoms with Gasteiger partial charge >= 0.3 is 0 Å². The van der Waals surface area contributed by atoms with E-state index in [9.17, 15) is 9.59 Å². The lowest BCUT2D eigenvalue weighted by Crippen LogP contribution is -2.46. The van der Waals surface area contributed by atoms with Crippen LogP contribution in [0.4, 0.5) is 5.69 Å². The first-order chi connectivity index (χ1) is 13.6. The molecule has 4 rings (SSSR count). The summed E-state index contributed by atoms with van der Waals surface area (Å²) < 4.78 is 5.76. The van der Waals surface area contributed by atoms with Gasteiger partial charge in [0.05, 0.1) is 5.92 Å². The van der Waals surface area contributed by atoms with Crippen LogP contribution < -0.4 is 10.1 Å². The van der Waals surface area contributed by atoms with Crippen LogP contribution in [-0.4, -0.2) is 36.4 Å². The number of hydrogen-bond acceptors (Lipinski definition) is 3. The van der Waals surface area contributed by atoms with Crippen LogP contribution in [0.1, 0.15) is 18.4 Å². The Bertz CT molecular complexity index is 863. The summed E-state index contributed by atoms with van der Waals surface area (Å²) in [7, 11) is 0. The summed E-state index contributed by atoms with van der Waals surface area (Å²) in [4.78, 5) is 27.3. The SMILES string of the molecule is O=C(Nc1ccccc1)C1CCN(C(=O)[C@@H]2COc3ccc(Cl)cc3C2)CC1. The number of nitrogens with zero attached hydrogens (tertiary/aromatic N) is 1. The molecule has 2 amide bonds. The van der Waals surface area contributed by atoms with Gasteiger partial charge in [0.2, 0.25) is 11.8 Å². The molecule has 1 fully saturated rings. The lowest BCUT2D eigenvalue weighted by Gasteiger charge is -2.35. The maximum atomic E-state index is 12.9. The molecule has 5 nitrogen and oxygen atoms in total. The van der Waals surface area contributed by atoms with Crippen molar-refractivity contribution in [3.05, 3.63) is 59.1 Å². The predicted molar refractivity (Wildman–Crippen MR) is 109 cm³/mol. The maximum absolute atomic E-state index is 12.9. The van der Waals surface area contributed by atoms with Gasteiger partial charge in [-0.2, -0.15) is 0 Å². The molecule has 2 aliphatic rings. The maximum Gasteiger partial charge on any atom is 0.229 e. The Morgan fingerprint density at radius 2 is 1.79 bits per heavy atom. The molecule has 146 valence electrons. The van der Waals surface area contributed by atoms with Gasteiger partial charge < -0.3 is 15.0 Å². The van der Waals surface area contributed by atoms with Crippen LogP contribution >= 0.6 is 11.6 Å². The molecule has 0 spiro atoms. The minimum absolute atomic E-state index is 0.0304. The van der Waals surface area contributed by atoms with E-state index in [1.54, 1.807) is 6.07 Å². The highest BCUT2D eigenvalue weighted by Crippen LogP contribution is 2.31. The van der Waals surface area contributed by atoms with Gasteiger partial charge in [0.1, 0.15) is 12.4 Å². The van der Waals surface area contributed by atoms with E-state index < -0.39 is 0 Å². The Morgan fingerprint density at radius 3 is 2.54 bits per heavy atom. The fraction of sp³-hybridized carbons (Fsp3) is 0.364. The number of nitrogens with one attached hydrogen (secondary N) is 1. The van der Waals surface area contributed by atoms with Crippen molar-refractivity contribution in [2.75, 3.05) is 25.0 Å². The van der Waals surface area contributed by atoms with Crippen LogP contribution in [0.3, 0.4) is 0 Å². The lowest BCUT2D eigenvalue weighted by atomic mass is 9.92. The highest BCUT2D eigenvalue weighted by atomic mass is 35.5. The molecule has 0 aromatic heterocycles. The number of carbonyl (C=O) groups excluding carboxylic acids is 2. The number of para-hydroxylation sites is 1. The van der Waals surface area contributed by atoms with Crippen molar-refractivity contribution in [3.63, 3.8) is 0 Å². The molecule has 1 atom stereocenters. The molecule has 0 bridgehead atoms. The summed E-state index contributed by atoms with van der Waals surface area (Å²) in [6.45, 7) is 1.59. The second-order valence-electron chi connectivity index (χ2n) is 7.42. The Labute approximate surface area is 169 Å². The highest BCUT2D eigenvalue weighted by Gasteiger charge is 2.33. The second-order valence-corrected chi connectivity index (χ2v) is 7.86. The molecule has 0 radical (unpaired) electrons. The molecule has 2 aliphatic heterocycles. The number of likely N-dealkylation sites (tertiary alicyclic amines) is 1. The number of ether oxygens (including phenoxy) is 1. The number of amides is 2. The Balaban J connectivity index is 1.31. The van der Waals surface area contributed by atoms with Crippen molar-refractivity contribution in [3.8, 4) is 5.75 Å². The van der Waals surface area contributed by atoms with Gasteiger partial charge in [-0.3, -0.25) is 9.59 Å². The molecule has 6 heteroatoms. The first kappa shape index (κ1) is 18.8. The van der Waals surface area contributed by atoms with E-state index in [2.05, 4.69) is 5.32 Å². The van der Waals surface area contributed by atoms with Crippen molar-refractivity contribution in [1.29, 1.82) is 0 Å². The van der Waals surface area contributed by atoms with Gasteiger partial charge in [-0.15, -0.1) is 0 Å². The number of benzene rings is 2. The van der Waals surface area contributed by atoms with Crippen molar-refractivity contribution >= 4 is 29.1 Å². The molecular weight excluding hydrogens is 376 g/mol. The molecule has 1 N–H and O–H groups in total. The van der Waals surface area contributed by atoms with Crippen LogP contribution in [0.25, 0.3) is 0 Å². The fourth-order valence-electron chi connectivity index (χ4n) is 3.91. The summed E-state index contributed by atoms with van der Waals surface area (Å²) in [6.07, 6.45) is 2.00. The van der Waals surface area contributed by atoms with E-state index in [0.29, 0.717) is 44.0 Å². The number of hydrogen-bond donors (Lipinski definition) is 1. The highest BCUT2D eigenvalue weighted by molar-refractivity contribution is 6.30. The Morgan fingerprint density at radius 1 is 1.04 bits per heavy atom.